The maximum atomic E-state index is 15.1. The second-order valence-electron chi connectivity index (χ2n) is 10.5. The first kappa shape index (κ1) is 23.2. The van der Waals surface area contributed by atoms with Crippen LogP contribution in [0.4, 0.5) is 4.39 Å². The van der Waals surface area contributed by atoms with Crippen LogP contribution in [0.3, 0.4) is 0 Å². The molecule has 7 nitrogen and oxygen atoms in total. The van der Waals surface area contributed by atoms with Crippen molar-refractivity contribution in [1.82, 2.24) is 24.9 Å². The summed E-state index contributed by atoms with van der Waals surface area (Å²) in [6, 6.07) is 16.5. The number of hydrogen-bond acceptors (Lipinski definition) is 6. The Balaban J connectivity index is 1.48. The van der Waals surface area contributed by atoms with Gasteiger partial charge in [0.25, 0.3) is 0 Å². The summed E-state index contributed by atoms with van der Waals surface area (Å²) in [5, 5.41) is 10.3. The number of ether oxygens (including phenoxy) is 1. The van der Waals surface area contributed by atoms with Crippen LogP contribution in [0.5, 0.6) is 11.6 Å². The van der Waals surface area contributed by atoms with Gasteiger partial charge in [-0.1, -0.05) is 56.3 Å². The van der Waals surface area contributed by atoms with E-state index in [1.54, 1.807) is 32.3 Å². The van der Waals surface area contributed by atoms with Crippen molar-refractivity contribution in [3.8, 4) is 22.9 Å². The molecule has 0 unspecified atom stereocenters. The molecule has 0 saturated heterocycles. The number of nitrogens with one attached hydrogen (secondary N) is 1. The maximum absolute atomic E-state index is 15.1. The predicted molar refractivity (Wildman–Crippen MR) is 138 cm³/mol. The second kappa shape index (κ2) is 8.18. The van der Waals surface area contributed by atoms with Crippen molar-refractivity contribution in [3.05, 3.63) is 95.3 Å². The van der Waals surface area contributed by atoms with Crippen LogP contribution < -0.4 is 4.74 Å². The van der Waals surface area contributed by atoms with Crippen LogP contribution in [0.1, 0.15) is 56.1 Å². The van der Waals surface area contributed by atoms with Gasteiger partial charge in [-0.25, -0.2) is 24.3 Å². The lowest BCUT2D eigenvalue weighted by molar-refractivity contribution is 0.0786. The molecular formula is C29H26FN5O2. The molecule has 0 radical (unpaired) electrons. The Bertz CT molecular complexity index is 1600. The average molecular weight is 496 g/mol. The molecule has 1 atom stereocenters. The number of hydrogen-bond donors (Lipinski definition) is 2. The van der Waals surface area contributed by atoms with E-state index in [1.807, 2.05) is 42.5 Å². The highest BCUT2D eigenvalue weighted by molar-refractivity contribution is 5.66. The quantitative estimate of drug-likeness (QED) is 0.318. The Labute approximate surface area is 213 Å². The van der Waals surface area contributed by atoms with Gasteiger partial charge >= 0.3 is 0 Å². The van der Waals surface area contributed by atoms with Gasteiger partial charge in [0.2, 0.25) is 5.88 Å². The fraction of sp³-hybridized carbons (Fsp3) is 0.241. The highest BCUT2D eigenvalue weighted by Crippen LogP contribution is 2.52. The van der Waals surface area contributed by atoms with Crippen molar-refractivity contribution in [1.29, 1.82) is 0 Å². The van der Waals surface area contributed by atoms with Gasteiger partial charge in [-0.3, -0.25) is 0 Å². The van der Waals surface area contributed by atoms with E-state index >= 15 is 4.39 Å². The number of rotatable bonds is 4. The molecule has 3 aromatic heterocycles. The van der Waals surface area contributed by atoms with E-state index < -0.39 is 16.8 Å². The highest BCUT2D eigenvalue weighted by Gasteiger charge is 2.43. The molecule has 0 fully saturated rings. The fourth-order valence-electron chi connectivity index (χ4n) is 5.05. The summed E-state index contributed by atoms with van der Waals surface area (Å²) >= 11 is 0. The largest absolute Gasteiger partial charge is 0.435 e. The molecule has 37 heavy (non-hydrogen) atoms. The number of aliphatic hydroxyl groups is 1. The van der Waals surface area contributed by atoms with Crippen LogP contribution in [0.15, 0.2) is 67.0 Å². The van der Waals surface area contributed by atoms with E-state index in [0.29, 0.717) is 28.7 Å². The van der Waals surface area contributed by atoms with Crippen molar-refractivity contribution < 1.29 is 14.2 Å². The second-order valence-corrected chi connectivity index (χ2v) is 10.5. The zero-order valence-electron chi connectivity index (χ0n) is 21.0. The zero-order valence-corrected chi connectivity index (χ0v) is 21.0. The van der Waals surface area contributed by atoms with Gasteiger partial charge in [0, 0.05) is 40.4 Å². The van der Waals surface area contributed by atoms with E-state index in [4.69, 9.17) is 14.7 Å². The lowest BCUT2D eigenvalue weighted by Gasteiger charge is -2.37. The maximum Gasteiger partial charge on any atom is 0.223 e. The number of pyridine rings is 1. The van der Waals surface area contributed by atoms with Crippen LogP contribution in [0.2, 0.25) is 0 Å². The summed E-state index contributed by atoms with van der Waals surface area (Å²) in [6.45, 7) is 7.61. The number of fused-ring (bicyclic) bond motifs is 3. The lowest BCUT2D eigenvalue weighted by atomic mass is 9.69. The van der Waals surface area contributed by atoms with Crippen molar-refractivity contribution in [2.24, 2.45) is 0 Å². The van der Waals surface area contributed by atoms with Gasteiger partial charge in [0.1, 0.15) is 5.82 Å². The summed E-state index contributed by atoms with van der Waals surface area (Å²) in [5.41, 5.74) is 3.50. The minimum absolute atomic E-state index is 0.169. The minimum atomic E-state index is -0.938. The molecule has 186 valence electrons. The van der Waals surface area contributed by atoms with Crippen LogP contribution in [0.25, 0.3) is 22.6 Å². The lowest BCUT2D eigenvalue weighted by Crippen LogP contribution is -2.32. The van der Waals surface area contributed by atoms with E-state index in [-0.39, 0.29) is 11.7 Å². The third-order valence-corrected chi connectivity index (χ3v) is 7.06. The number of para-hydroxylation sites is 1. The van der Waals surface area contributed by atoms with Crippen LogP contribution in [0, 0.1) is 5.82 Å². The third kappa shape index (κ3) is 3.84. The van der Waals surface area contributed by atoms with E-state index in [2.05, 4.69) is 28.8 Å². The first-order chi connectivity index (χ1) is 17.6. The van der Waals surface area contributed by atoms with Gasteiger partial charge in [-0.2, -0.15) is 0 Å². The number of aromatic amines is 1. The Kier molecular flexibility index (Phi) is 5.14. The molecule has 0 saturated carbocycles. The van der Waals surface area contributed by atoms with Crippen molar-refractivity contribution in [2.45, 2.75) is 44.6 Å². The number of halogens is 1. The molecule has 4 heterocycles. The molecule has 6 rings (SSSR count). The van der Waals surface area contributed by atoms with Gasteiger partial charge in [-0.15, -0.1) is 0 Å². The first-order valence-corrected chi connectivity index (χ1v) is 12.1. The highest BCUT2D eigenvalue weighted by atomic mass is 19.1. The predicted octanol–water partition coefficient (Wildman–Crippen LogP) is 6.00. The molecule has 0 bridgehead atoms. The van der Waals surface area contributed by atoms with Crippen molar-refractivity contribution >= 4 is 11.3 Å². The van der Waals surface area contributed by atoms with E-state index in [0.717, 1.165) is 22.3 Å². The van der Waals surface area contributed by atoms with Crippen LogP contribution >= 0.6 is 0 Å². The molecular weight excluding hydrogens is 469 g/mol. The van der Waals surface area contributed by atoms with Crippen LogP contribution in [-0.2, 0) is 11.0 Å². The Hall–Kier alpha value is -4.17. The number of benzene rings is 2. The standard InChI is InChI=1S/C29H26FN5O2/c1-28(2,27-34-24-25(35-27)32-15-14-31-24)22-18-6-5-7-20(30)23(18)37-26-19(22)12-13-21(33-26)16-8-10-17(11-9-16)29(3,4)36/h5-15,22,36H,1-4H3,(H,31,32,34,35)/t22-/m0/s1. The number of aromatic nitrogens is 5. The van der Waals surface area contributed by atoms with Gasteiger partial charge in [-0.05, 0) is 31.5 Å². The topological polar surface area (TPSA) is 96.8 Å². The van der Waals surface area contributed by atoms with Gasteiger partial charge < -0.3 is 14.8 Å². The summed E-state index contributed by atoms with van der Waals surface area (Å²) in [7, 11) is 0. The average Bonchev–Trinajstić information content (AvgIpc) is 3.32. The smallest absolute Gasteiger partial charge is 0.223 e. The van der Waals surface area contributed by atoms with E-state index in [9.17, 15) is 5.11 Å². The van der Waals surface area contributed by atoms with E-state index in [1.165, 1.54) is 6.07 Å². The Morgan fingerprint density at radius 3 is 2.38 bits per heavy atom. The molecule has 1 aliphatic heterocycles. The number of H-pyrrole nitrogens is 1. The number of imidazole rings is 1. The fourth-order valence-corrected chi connectivity index (χ4v) is 5.05. The Morgan fingerprint density at radius 1 is 0.892 bits per heavy atom. The molecule has 0 amide bonds. The molecule has 0 spiro atoms. The molecule has 1 aliphatic rings. The first-order valence-electron chi connectivity index (χ1n) is 12.1. The summed E-state index contributed by atoms with van der Waals surface area (Å²) < 4.78 is 21.1. The monoisotopic (exact) mass is 495 g/mol. The normalized spacial score (nSPS) is 15.2. The molecule has 8 heteroatoms. The molecule has 2 aromatic carbocycles. The summed E-state index contributed by atoms with van der Waals surface area (Å²) in [6.07, 6.45) is 3.22. The molecule has 2 N–H and O–H groups in total. The molecule has 0 aliphatic carbocycles. The summed E-state index contributed by atoms with van der Waals surface area (Å²) in [5.74, 6) is 0.461. The summed E-state index contributed by atoms with van der Waals surface area (Å²) in [4.78, 5) is 21.5. The zero-order chi connectivity index (χ0) is 25.9. The SMILES string of the molecule is CC(C)(O)c1ccc(-c2ccc3c(n2)Oc2c(F)cccc2[C@@H]3C(C)(C)c2nc3nccnc3[nH]2)cc1. The van der Waals surface area contributed by atoms with Gasteiger partial charge in [0.15, 0.2) is 22.9 Å². The number of nitrogens with zero attached hydrogens (tertiary/aromatic N) is 4. The third-order valence-electron chi connectivity index (χ3n) is 7.06. The van der Waals surface area contributed by atoms with Crippen LogP contribution in [-0.4, -0.2) is 30.0 Å². The minimum Gasteiger partial charge on any atom is -0.435 e. The van der Waals surface area contributed by atoms with Crippen molar-refractivity contribution in [3.63, 3.8) is 0 Å². The van der Waals surface area contributed by atoms with Gasteiger partial charge in [0.05, 0.1) is 11.3 Å². The molecule has 5 aromatic rings. The van der Waals surface area contributed by atoms with Crippen molar-refractivity contribution in [2.75, 3.05) is 0 Å². The Morgan fingerprint density at radius 2 is 1.65 bits per heavy atom.